The van der Waals surface area contributed by atoms with Gasteiger partial charge < -0.3 is 11.1 Å². The highest BCUT2D eigenvalue weighted by molar-refractivity contribution is 6.04. The first kappa shape index (κ1) is 11.3. The third-order valence-corrected chi connectivity index (χ3v) is 2.38. The summed E-state index contributed by atoms with van der Waals surface area (Å²) in [4.78, 5) is 11.9. The Bertz CT molecular complexity index is 493. The third kappa shape index (κ3) is 2.92. The molecule has 0 saturated heterocycles. The number of anilines is 1. The SMILES string of the molecule is NCCc1cccc(C(=O)Nc2cn[nH]c2)c1. The molecule has 88 valence electrons. The summed E-state index contributed by atoms with van der Waals surface area (Å²) in [6.07, 6.45) is 3.95. The van der Waals surface area contributed by atoms with Crippen molar-refractivity contribution in [2.45, 2.75) is 6.42 Å². The van der Waals surface area contributed by atoms with Gasteiger partial charge in [-0.25, -0.2) is 0 Å². The van der Waals surface area contributed by atoms with Gasteiger partial charge in [-0.3, -0.25) is 9.89 Å². The number of rotatable bonds is 4. The molecule has 0 aliphatic heterocycles. The van der Waals surface area contributed by atoms with Crippen LogP contribution in [0.1, 0.15) is 15.9 Å². The average molecular weight is 230 g/mol. The highest BCUT2D eigenvalue weighted by Gasteiger charge is 2.06. The van der Waals surface area contributed by atoms with E-state index in [2.05, 4.69) is 15.5 Å². The Morgan fingerprint density at radius 2 is 2.35 bits per heavy atom. The van der Waals surface area contributed by atoms with Crippen molar-refractivity contribution >= 4 is 11.6 Å². The summed E-state index contributed by atoms with van der Waals surface area (Å²) in [5.41, 5.74) is 7.82. The second kappa shape index (κ2) is 5.27. The van der Waals surface area contributed by atoms with Gasteiger partial charge >= 0.3 is 0 Å². The van der Waals surface area contributed by atoms with E-state index in [1.165, 1.54) is 0 Å². The molecule has 0 spiro atoms. The van der Waals surface area contributed by atoms with E-state index in [1.54, 1.807) is 18.5 Å². The Labute approximate surface area is 99.0 Å². The number of aromatic nitrogens is 2. The molecule has 0 atom stereocenters. The van der Waals surface area contributed by atoms with Gasteiger partial charge in [0.1, 0.15) is 0 Å². The Morgan fingerprint density at radius 3 is 3.06 bits per heavy atom. The van der Waals surface area contributed by atoms with E-state index >= 15 is 0 Å². The zero-order chi connectivity index (χ0) is 12.1. The van der Waals surface area contributed by atoms with Crippen molar-refractivity contribution in [3.8, 4) is 0 Å². The van der Waals surface area contributed by atoms with Crippen molar-refractivity contribution in [1.29, 1.82) is 0 Å². The minimum Gasteiger partial charge on any atom is -0.330 e. The predicted octanol–water partition coefficient (Wildman–Crippen LogP) is 1.16. The van der Waals surface area contributed by atoms with Crippen LogP contribution in [-0.2, 0) is 6.42 Å². The number of carbonyl (C=O) groups is 1. The van der Waals surface area contributed by atoms with Crippen LogP contribution < -0.4 is 11.1 Å². The van der Waals surface area contributed by atoms with Crippen molar-refractivity contribution in [1.82, 2.24) is 10.2 Å². The monoisotopic (exact) mass is 230 g/mol. The molecule has 1 aromatic carbocycles. The Kier molecular flexibility index (Phi) is 3.52. The van der Waals surface area contributed by atoms with Crippen molar-refractivity contribution in [2.75, 3.05) is 11.9 Å². The quantitative estimate of drug-likeness (QED) is 0.737. The van der Waals surface area contributed by atoms with E-state index < -0.39 is 0 Å². The first-order chi connectivity index (χ1) is 8.29. The van der Waals surface area contributed by atoms with Gasteiger partial charge in [-0.05, 0) is 30.7 Å². The second-order valence-electron chi connectivity index (χ2n) is 3.68. The number of amides is 1. The van der Waals surface area contributed by atoms with Crippen LogP contribution in [0.2, 0.25) is 0 Å². The highest BCUT2D eigenvalue weighted by atomic mass is 16.1. The zero-order valence-corrected chi connectivity index (χ0v) is 9.31. The lowest BCUT2D eigenvalue weighted by molar-refractivity contribution is 0.102. The van der Waals surface area contributed by atoms with Crippen molar-refractivity contribution in [3.05, 3.63) is 47.8 Å². The van der Waals surface area contributed by atoms with Crippen LogP contribution in [0.3, 0.4) is 0 Å². The number of hydrogen-bond donors (Lipinski definition) is 3. The molecule has 2 rings (SSSR count). The maximum Gasteiger partial charge on any atom is 0.255 e. The number of H-pyrrole nitrogens is 1. The fourth-order valence-electron chi connectivity index (χ4n) is 1.56. The van der Waals surface area contributed by atoms with Gasteiger partial charge in [-0.2, -0.15) is 5.10 Å². The Hall–Kier alpha value is -2.14. The molecule has 0 unspecified atom stereocenters. The summed E-state index contributed by atoms with van der Waals surface area (Å²) in [6, 6.07) is 7.44. The molecule has 4 N–H and O–H groups in total. The summed E-state index contributed by atoms with van der Waals surface area (Å²) in [7, 11) is 0. The number of hydrogen-bond acceptors (Lipinski definition) is 3. The van der Waals surface area contributed by atoms with E-state index in [1.807, 2.05) is 18.2 Å². The number of nitrogens with two attached hydrogens (primary N) is 1. The van der Waals surface area contributed by atoms with Crippen LogP contribution in [0, 0.1) is 0 Å². The molecule has 0 saturated carbocycles. The van der Waals surface area contributed by atoms with Crippen molar-refractivity contribution < 1.29 is 4.79 Å². The smallest absolute Gasteiger partial charge is 0.255 e. The normalized spacial score (nSPS) is 10.2. The van der Waals surface area contributed by atoms with E-state index in [4.69, 9.17) is 5.73 Å². The highest BCUT2D eigenvalue weighted by Crippen LogP contribution is 2.09. The van der Waals surface area contributed by atoms with E-state index in [0.29, 0.717) is 17.8 Å². The first-order valence-electron chi connectivity index (χ1n) is 5.39. The zero-order valence-electron chi connectivity index (χ0n) is 9.31. The molecular formula is C12H14N4O. The van der Waals surface area contributed by atoms with Crippen LogP contribution in [0.15, 0.2) is 36.7 Å². The lowest BCUT2D eigenvalue weighted by Crippen LogP contribution is -2.12. The van der Waals surface area contributed by atoms with Crippen molar-refractivity contribution in [3.63, 3.8) is 0 Å². The minimum atomic E-state index is -0.148. The molecule has 17 heavy (non-hydrogen) atoms. The molecule has 0 bridgehead atoms. The summed E-state index contributed by atoms with van der Waals surface area (Å²) < 4.78 is 0. The van der Waals surface area contributed by atoms with Crippen LogP contribution >= 0.6 is 0 Å². The van der Waals surface area contributed by atoms with Crippen LogP contribution in [0.5, 0.6) is 0 Å². The van der Waals surface area contributed by atoms with Gasteiger partial charge in [0.15, 0.2) is 0 Å². The standard InChI is InChI=1S/C12H14N4O/c13-5-4-9-2-1-3-10(6-9)12(17)16-11-7-14-15-8-11/h1-3,6-8H,4-5,13H2,(H,14,15)(H,16,17). The Balaban J connectivity index is 2.11. The summed E-state index contributed by atoms with van der Waals surface area (Å²) in [6.45, 7) is 0.576. The molecule has 0 aliphatic rings. The molecule has 1 aromatic heterocycles. The topological polar surface area (TPSA) is 83.8 Å². The van der Waals surface area contributed by atoms with E-state index in [9.17, 15) is 4.79 Å². The number of carbonyl (C=O) groups excluding carboxylic acids is 1. The Morgan fingerprint density at radius 1 is 1.47 bits per heavy atom. The maximum atomic E-state index is 11.9. The molecule has 1 heterocycles. The fourth-order valence-corrected chi connectivity index (χ4v) is 1.56. The maximum absolute atomic E-state index is 11.9. The second-order valence-corrected chi connectivity index (χ2v) is 3.68. The molecule has 0 radical (unpaired) electrons. The van der Waals surface area contributed by atoms with Gasteiger partial charge in [0.05, 0.1) is 11.9 Å². The predicted molar refractivity (Wildman–Crippen MR) is 65.7 cm³/mol. The van der Waals surface area contributed by atoms with Gasteiger partial charge in [0, 0.05) is 11.8 Å². The number of nitrogens with one attached hydrogen (secondary N) is 2. The molecule has 0 aliphatic carbocycles. The number of nitrogens with zero attached hydrogens (tertiary/aromatic N) is 1. The van der Waals surface area contributed by atoms with Gasteiger partial charge in [-0.1, -0.05) is 12.1 Å². The summed E-state index contributed by atoms with van der Waals surface area (Å²) >= 11 is 0. The van der Waals surface area contributed by atoms with Crippen LogP contribution in [-0.4, -0.2) is 22.6 Å². The van der Waals surface area contributed by atoms with E-state index in [-0.39, 0.29) is 5.91 Å². The van der Waals surface area contributed by atoms with Gasteiger partial charge in [0.25, 0.3) is 5.91 Å². The minimum absolute atomic E-state index is 0.148. The number of aromatic amines is 1. The average Bonchev–Trinajstić information content (AvgIpc) is 2.83. The van der Waals surface area contributed by atoms with Crippen molar-refractivity contribution in [2.24, 2.45) is 5.73 Å². The summed E-state index contributed by atoms with van der Waals surface area (Å²) in [5, 5.41) is 9.14. The summed E-state index contributed by atoms with van der Waals surface area (Å²) in [5.74, 6) is -0.148. The lowest BCUT2D eigenvalue weighted by atomic mass is 10.1. The van der Waals surface area contributed by atoms with Gasteiger partial charge in [-0.15, -0.1) is 0 Å². The molecule has 0 fully saturated rings. The van der Waals surface area contributed by atoms with Crippen LogP contribution in [0.25, 0.3) is 0 Å². The van der Waals surface area contributed by atoms with E-state index in [0.717, 1.165) is 12.0 Å². The largest absolute Gasteiger partial charge is 0.330 e. The molecular weight excluding hydrogens is 216 g/mol. The lowest BCUT2D eigenvalue weighted by Gasteiger charge is -2.04. The fraction of sp³-hybridized carbons (Fsp3) is 0.167. The molecule has 2 aromatic rings. The van der Waals surface area contributed by atoms with Gasteiger partial charge in [0.2, 0.25) is 0 Å². The number of benzene rings is 1. The first-order valence-corrected chi connectivity index (χ1v) is 5.39. The van der Waals surface area contributed by atoms with Crippen LogP contribution in [0.4, 0.5) is 5.69 Å². The molecule has 5 heteroatoms. The molecule has 1 amide bonds. The molecule has 5 nitrogen and oxygen atoms in total. The third-order valence-electron chi connectivity index (χ3n) is 2.38.